The Morgan fingerprint density at radius 2 is 2.06 bits per heavy atom. The van der Waals surface area contributed by atoms with Crippen molar-refractivity contribution in [2.24, 2.45) is 5.92 Å². The zero-order chi connectivity index (χ0) is 24.6. The van der Waals surface area contributed by atoms with Crippen LogP contribution in [-0.4, -0.2) is 60.3 Å². The number of aliphatic hydroxyl groups is 1. The van der Waals surface area contributed by atoms with Crippen molar-refractivity contribution in [3.05, 3.63) is 48.1 Å². The number of hydrogen-bond acceptors (Lipinski definition) is 5. The number of fused-ring (bicyclic) bond motifs is 3. The molecule has 2 bridgehead atoms. The van der Waals surface area contributed by atoms with Gasteiger partial charge in [0.05, 0.1) is 37.1 Å². The number of aliphatic hydroxyl groups excluding tert-OH is 1. The normalized spacial score (nSPS) is 39.3. The SMILES string of the molecule is CC1=CCO[C@H](C=CC[C@@H]2C[C@@H]3O[C@H]3[C@@H](O)CCC[C@H](C)C[C@@H]3CC=C[C@@H](CC=CC(=O)N2)O3)C1. The lowest BCUT2D eigenvalue weighted by molar-refractivity contribution is -0.117. The van der Waals surface area contributed by atoms with E-state index in [1.807, 2.05) is 6.08 Å². The van der Waals surface area contributed by atoms with Gasteiger partial charge in [0.15, 0.2) is 0 Å². The van der Waals surface area contributed by atoms with Gasteiger partial charge in [-0.05, 0) is 63.9 Å². The lowest BCUT2D eigenvalue weighted by atomic mass is 9.93. The van der Waals surface area contributed by atoms with Crippen LogP contribution in [0.25, 0.3) is 0 Å². The summed E-state index contributed by atoms with van der Waals surface area (Å²) in [6, 6.07) is -0.0556. The summed E-state index contributed by atoms with van der Waals surface area (Å²) in [5.41, 5.74) is 1.35. The first-order chi connectivity index (χ1) is 17.0. The monoisotopic (exact) mass is 485 g/mol. The zero-order valence-corrected chi connectivity index (χ0v) is 21.3. The van der Waals surface area contributed by atoms with Gasteiger partial charge in [-0.15, -0.1) is 0 Å². The molecule has 1 saturated heterocycles. The molecule has 4 aliphatic rings. The van der Waals surface area contributed by atoms with E-state index in [2.05, 4.69) is 49.5 Å². The number of rotatable bonds is 3. The highest BCUT2D eigenvalue weighted by Gasteiger charge is 2.44. The number of ether oxygens (including phenoxy) is 3. The van der Waals surface area contributed by atoms with Crippen molar-refractivity contribution in [3.8, 4) is 0 Å². The Morgan fingerprint density at radius 1 is 1.17 bits per heavy atom. The molecule has 0 radical (unpaired) electrons. The largest absolute Gasteiger partial charge is 0.390 e. The lowest BCUT2D eigenvalue weighted by Gasteiger charge is -2.27. The van der Waals surface area contributed by atoms with E-state index in [1.165, 1.54) is 5.57 Å². The Hall–Kier alpha value is -1.73. The second-order valence-corrected chi connectivity index (χ2v) is 10.8. The summed E-state index contributed by atoms with van der Waals surface area (Å²) in [5.74, 6) is 0.457. The predicted molar refractivity (Wildman–Crippen MR) is 137 cm³/mol. The first-order valence-corrected chi connectivity index (χ1v) is 13.5. The molecule has 194 valence electrons. The fourth-order valence-electron chi connectivity index (χ4n) is 5.45. The number of epoxide rings is 1. The van der Waals surface area contributed by atoms with Crippen molar-refractivity contribution in [2.45, 2.75) is 114 Å². The Balaban J connectivity index is 1.37. The van der Waals surface area contributed by atoms with Crippen LogP contribution in [0.4, 0.5) is 0 Å². The van der Waals surface area contributed by atoms with Crippen molar-refractivity contribution >= 4 is 5.91 Å². The first kappa shape index (κ1) is 26.3. The average Bonchev–Trinajstić information content (AvgIpc) is 3.58. The van der Waals surface area contributed by atoms with Crippen LogP contribution in [0.2, 0.25) is 0 Å². The van der Waals surface area contributed by atoms with Crippen LogP contribution >= 0.6 is 0 Å². The molecule has 8 atom stereocenters. The van der Waals surface area contributed by atoms with Gasteiger partial charge in [0.25, 0.3) is 0 Å². The fourth-order valence-corrected chi connectivity index (χ4v) is 5.45. The summed E-state index contributed by atoms with van der Waals surface area (Å²) in [4.78, 5) is 12.7. The van der Waals surface area contributed by atoms with Crippen molar-refractivity contribution in [2.75, 3.05) is 6.61 Å². The molecule has 1 amide bonds. The standard InChI is InChI=1S/C29H43NO5/c1-20-7-3-13-26(31)29-27(35-29)19-22(8-4-11-24-17-21(2)15-16-33-24)30-28(32)14-6-10-23-9-5-12-25(18-20)34-23/h4-6,9,11,14-15,20,22-27,29,31H,3,7-8,10,12-13,16-19H2,1-2H3,(H,30,32)/t20-,22+,23-,24+,25-,26-,27-,29-/m0/s1. The minimum Gasteiger partial charge on any atom is -0.390 e. The maximum Gasteiger partial charge on any atom is 0.243 e. The maximum absolute atomic E-state index is 12.7. The minimum atomic E-state index is -0.443. The van der Waals surface area contributed by atoms with E-state index in [0.29, 0.717) is 31.8 Å². The van der Waals surface area contributed by atoms with Crippen molar-refractivity contribution in [1.82, 2.24) is 5.32 Å². The van der Waals surface area contributed by atoms with E-state index in [1.54, 1.807) is 6.08 Å². The van der Waals surface area contributed by atoms with Crippen LogP contribution in [0, 0.1) is 5.92 Å². The number of carbonyl (C=O) groups is 1. The summed E-state index contributed by atoms with van der Waals surface area (Å²) < 4.78 is 17.9. The summed E-state index contributed by atoms with van der Waals surface area (Å²) in [6.07, 6.45) is 21.8. The molecule has 6 nitrogen and oxygen atoms in total. The first-order valence-electron chi connectivity index (χ1n) is 13.5. The van der Waals surface area contributed by atoms with Crippen molar-refractivity contribution < 1.29 is 24.1 Å². The highest BCUT2D eigenvalue weighted by Crippen LogP contribution is 2.33. The predicted octanol–water partition coefficient (Wildman–Crippen LogP) is 4.54. The Kier molecular flexibility index (Phi) is 9.78. The molecule has 6 heteroatoms. The minimum absolute atomic E-state index is 0.00186. The van der Waals surface area contributed by atoms with Crippen LogP contribution < -0.4 is 5.32 Å². The molecule has 4 aliphatic heterocycles. The summed E-state index contributed by atoms with van der Waals surface area (Å²) in [5, 5.41) is 13.8. The average molecular weight is 486 g/mol. The van der Waals surface area contributed by atoms with E-state index in [0.717, 1.165) is 38.5 Å². The maximum atomic E-state index is 12.7. The van der Waals surface area contributed by atoms with E-state index in [4.69, 9.17) is 14.2 Å². The molecular weight excluding hydrogens is 442 g/mol. The number of carbonyl (C=O) groups excluding carboxylic acids is 1. The molecule has 0 aromatic heterocycles. The molecule has 0 aromatic rings. The van der Waals surface area contributed by atoms with Gasteiger partial charge in [0.1, 0.15) is 6.10 Å². The Labute approximate surface area is 210 Å². The highest BCUT2D eigenvalue weighted by molar-refractivity contribution is 5.87. The number of nitrogens with one attached hydrogen (secondary N) is 1. The van der Waals surface area contributed by atoms with E-state index in [9.17, 15) is 9.90 Å². The van der Waals surface area contributed by atoms with Gasteiger partial charge in [-0.3, -0.25) is 4.79 Å². The van der Waals surface area contributed by atoms with Crippen LogP contribution in [0.1, 0.15) is 71.6 Å². The third kappa shape index (κ3) is 8.71. The van der Waals surface area contributed by atoms with Crippen LogP contribution in [0.5, 0.6) is 0 Å². The third-order valence-electron chi connectivity index (χ3n) is 7.52. The highest BCUT2D eigenvalue weighted by atomic mass is 16.6. The van der Waals surface area contributed by atoms with E-state index < -0.39 is 6.10 Å². The molecule has 1 fully saturated rings. The van der Waals surface area contributed by atoms with Gasteiger partial charge in [-0.2, -0.15) is 0 Å². The second kappa shape index (κ2) is 13.0. The quantitative estimate of drug-likeness (QED) is 0.453. The molecule has 4 heterocycles. The molecule has 0 spiro atoms. The summed E-state index contributed by atoms with van der Waals surface area (Å²) in [7, 11) is 0. The van der Waals surface area contributed by atoms with Crippen molar-refractivity contribution in [1.29, 1.82) is 0 Å². The molecule has 2 N–H and O–H groups in total. The third-order valence-corrected chi connectivity index (χ3v) is 7.52. The summed E-state index contributed by atoms with van der Waals surface area (Å²) in [6.45, 7) is 5.06. The second-order valence-electron chi connectivity index (χ2n) is 10.8. The number of amides is 1. The molecular formula is C29H43NO5. The van der Waals surface area contributed by atoms with Gasteiger partial charge in [0.2, 0.25) is 5.91 Å². The van der Waals surface area contributed by atoms with Crippen LogP contribution in [0.3, 0.4) is 0 Å². The van der Waals surface area contributed by atoms with E-state index in [-0.39, 0.29) is 42.5 Å². The topological polar surface area (TPSA) is 80.3 Å². The van der Waals surface area contributed by atoms with Crippen LogP contribution in [0.15, 0.2) is 48.1 Å². The molecule has 4 rings (SSSR count). The Morgan fingerprint density at radius 3 is 2.91 bits per heavy atom. The molecule has 0 aliphatic carbocycles. The molecule has 35 heavy (non-hydrogen) atoms. The van der Waals surface area contributed by atoms with Gasteiger partial charge < -0.3 is 24.6 Å². The van der Waals surface area contributed by atoms with Gasteiger partial charge in [-0.1, -0.05) is 61.8 Å². The van der Waals surface area contributed by atoms with E-state index >= 15 is 0 Å². The molecule has 0 aromatic carbocycles. The number of hydrogen-bond donors (Lipinski definition) is 2. The fraction of sp³-hybridized carbons (Fsp3) is 0.690. The van der Waals surface area contributed by atoms with Gasteiger partial charge >= 0.3 is 0 Å². The summed E-state index contributed by atoms with van der Waals surface area (Å²) >= 11 is 0. The molecule has 0 unspecified atom stereocenters. The van der Waals surface area contributed by atoms with Gasteiger partial charge in [-0.25, -0.2) is 0 Å². The Bertz CT molecular complexity index is 818. The van der Waals surface area contributed by atoms with Crippen LogP contribution in [-0.2, 0) is 19.0 Å². The zero-order valence-electron chi connectivity index (χ0n) is 21.3. The molecule has 0 saturated carbocycles. The van der Waals surface area contributed by atoms with Crippen molar-refractivity contribution in [3.63, 3.8) is 0 Å². The smallest absolute Gasteiger partial charge is 0.243 e. The lowest BCUT2D eigenvalue weighted by Crippen LogP contribution is -2.35. The van der Waals surface area contributed by atoms with Gasteiger partial charge in [0, 0.05) is 6.04 Å².